The van der Waals surface area contributed by atoms with Crippen LogP contribution in [0.3, 0.4) is 0 Å². The summed E-state index contributed by atoms with van der Waals surface area (Å²) in [6, 6.07) is 6.44. The van der Waals surface area contributed by atoms with E-state index in [1.165, 1.54) is 33.5 Å². The maximum atomic E-state index is 12.3. The van der Waals surface area contributed by atoms with Crippen molar-refractivity contribution >= 4 is 29.1 Å². The highest BCUT2D eigenvalue weighted by atomic mass is 35.5. The number of nitrogens with one attached hydrogen (secondary N) is 1. The fourth-order valence-electron chi connectivity index (χ4n) is 2.07. The second-order valence-electron chi connectivity index (χ2n) is 4.67. The topological polar surface area (TPSA) is 69.7 Å². The minimum Gasteiger partial charge on any atom is -0.496 e. The van der Waals surface area contributed by atoms with Crippen molar-refractivity contribution in [1.29, 1.82) is 0 Å². The third-order valence-electron chi connectivity index (χ3n) is 3.25. The van der Waals surface area contributed by atoms with Crippen LogP contribution in [0.5, 0.6) is 17.2 Å². The molecule has 0 saturated carbocycles. The first-order valence-electron chi connectivity index (χ1n) is 6.89. The summed E-state index contributed by atoms with van der Waals surface area (Å²) in [5, 5.41) is 3.13. The van der Waals surface area contributed by atoms with Crippen molar-refractivity contribution in [3.8, 4) is 17.2 Å². The number of halogens is 2. The zero-order chi connectivity index (χ0) is 17.7. The van der Waals surface area contributed by atoms with Crippen LogP contribution in [0, 0.1) is 0 Å². The van der Waals surface area contributed by atoms with Gasteiger partial charge in [0.1, 0.15) is 16.6 Å². The van der Waals surface area contributed by atoms with E-state index in [2.05, 4.69) is 10.3 Å². The van der Waals surface area contributed by atoms with Crippen molar-refractivity contribution in [2.75, 3.05) is 21.3 Å². The normalized spacial score (nSPS) is 10.2. The predicted octanol–water partition coefficient (Wildman–Crippen LogP) is 3.34. The van der Waals surface area contributed by atoms with Crippen LogP contribution >= 0.6 is 23.2 Å². The first-order valence-corrected chi connectivity index (χ1v) is 7.64. The molecular weight excluding hydrogens is 355 g/mol. The van der Waals surface area contributed by atoms with Crippen LogP contribution in [-0.2, 0) is 6.54 Å². The fraction of sp³-hybridized carbons (Fsp3) is 0.250. The van der Waals surface area contributed by atoms with Gasteiger partial charge in [-0.25, -0.2) is 4.98 Å². The first kappa shape index (κ1) is 18.2. The van der Waals surface area contributed by atoms with Crippen LogP contribution in [0.2, 0.25) is 10.2 Å². The lowest BCUT2D eigenvalue weighted by molar-refractivity contribution is 0.0946. The molecule has 1 amide bonds. The number of hydrogen-bond acceptors (Lipinski definition) is 5. The molecule has 1 N–H and O–H groups in total. The molecule has 0 radical (unpaired) electrons. The van der Waals surface area contributed by atoms with Crippen LogP contribution < -0.4 is 19.5 Å². The molecule has 0 unspecified atom stereocenters. The molecule has 0 aliphatic carbocycles. The van der Waals surface area contributed by atoms with E-state index >= 15 is 0 Å². The molecule has 0 atom stereocenters. The van der Waals surface area contributed by atoms with Gasteiger partial charge in [-0.15, -0.1) is 0 Å². The third kappa shape index (κ3) is 4.01. The number of hydrogen-bond donors (Lipinski definition) is 1. The summed E-state index contributed by atoms with van der Waals surface area (Å²) in [6.07, 6.45) is 0. The average Bonchev–Trinajstić information content (AvgIpc) is 2.60. The Labute approximate surface area is 149 Å². The summed E-state index contributed by atoms with van der Waals surface area (Å²) < 4.78 is 15.8. The molecule has 1 aromatic heterocycles. The van der Waals surface area contributed by atoms with E-state index in [4.69, 9.17) is 37.4 Å². The number of benzene rings is 1. The zero-order valence-electron chi connectivity index (χ0n) is 13.4. The second-order valence-corrected chi connectivity index (χ2v) is 5.46. The van der Waals surface area contributed by atoms with Crippen molar-refractivity contribution in [2.45, 2.75) is 6.54 Å². The molecule has 2 aromatic rings. The van der Waals surface area contributed by atoms with Gasteiger partial charge in [0.05, 0.1) is 26.4 Å². The van der Waals surface area contributed by atoms with Gasteiger partial charge < -0.3 is 19.5 Å². The second kappa shape index (κ2) is 8.08. The number of ether oxygens (including phenoxy) is 3. The maximum absolute atomic E-state index is 12.3. The highest BCUT2D eigenvalue weighted by Crippen LogP contribution is 2.34. The van der Waals surface area contributed by atoms with Gasteiger partial charge in [0.25, 0.3) is 5.91 Å². The molecule has 24 heavy (non-hydrogen) atoms. The Morgan fingerprint density at radius 3 is 2.29 bits per heavy atom. The van der Waals surface area contributed by atoms with Gasteiger partial charge >= 0.3 is 0 Å². The van der Waals surface area contributed by atoms with E-state index in [-0.39, 0.29) is 22.4 Å². The monoisotopic (exact) mass is 370 g/mol. The molecule has 0 saturated heterocycles. The van der Waals surface area contributed by atoms with Crippen LogP contribution in [0.15, 0.2) is 24.3 Å². The Bertz CT molecular complexity index is 753. The molecule has 1 heterocycles. The van der Waals surface area contributed by atoms with Gasteiger partial charge in [0.15, 0.2) is 11.5 Å². The summed E-state index contributed by atoms with van der Waals surface area (Å²) >= 11 is 11.8. The van der Waals surface area contributed by atoms with Crippen LogP contribution in [0.4, 0.5) is 0 Å². The number of carbonyl (C=O) groups is 1. The number of aromatic nitrogens is 1. The molecular formula is C16H16Cl2N2O4. The molecule has 0 spiro atoms. The number of rotatable bonds is 6. The summed E-state index contributed by atoms with van der Waals surface area (Å²) in [4.78, 5) is 16.2. The number of nitrogens with zero attached hydrogens (tertiary/aromatic N) is 1. The molecule has 1 aromatic carbocycles. The average molecular weight is 371 g/mol. The Balaban J connectivity index is 2.22. The van der Waals surface area contributed by atoms with E-state index in [1.807, 2.05) is 0 Å². The lowest BCUT2D eigenvalue weighted by Gasteiger charge is -2.14. The summed E-state index contributed by atoms with van der Waals surface area (Å²) in [6.45, 7) is 0.187. The van der Waals surface area contributed by atoms with Crippen molar-refractivity contribution in [2.24, 2.45) is 0 Å². The number of carbonyl (C=O) groups excluding carboxylic acids is 1. The minimum absolute atomic E-state index is 0.0589. The molecule has 0 bridgehead atoms. The van der Waals surface area contributed by atoms with Gasteiger partial charge in [-0.05, 0) is 18.2 Å². The van der Waals surface area contributed by atoms with Gasteiger partial charge in [0, 0.05) is 18.2 Å². The van der Waals surface area contributed by atoms with Crippen LogP contribution in [-0.4, -0.2) is 32.2 Å². The van der Waals surface area contributed by atoms with Crippen molar-refractivity contribution in [1.82, 2.24) is 10.3 Å². The van der Waals surface area contributed by atoms with E-state index in [1.54, 1.807) is 12.1 Å². The predicted molar refractivity (Wildman–Crippen MR) is 91.5 cm³/mol. The van der Waals surface area contributed by atoms with Gasteiger partial charge in [-0.3, -0.25) is 4.79 Å². The van der Waals surface area contributed by atoms with Gasteiger partial charge in [-0.2, -0.15) is 0 Å². The standard InChI is InChI=1S/C16H16Cl2N2O4/c1-22-11-7-13(24-3)12(23-2)6-9(11)8-19-16(21)15-10(17)4-5-14(18)20-15/h4-7H,8H2,1-3H3,(H,19,21). The number of pyridine rings is 1. The molecule has 8 heteroatoms. The molecule has 0 fully saturated rings. The van der Waals surface area contributed by atoms with Gasteiger partial charge in [0.2, 0.25) is 0 Å². The highest BCUT2D eigenvalue weighted by Gasteiger charge is 2.16. The number of methoxy groups -OCH3 is 3. The molecule has 128 valence electrons. The molecule has 0 aliphatic rings. The van der Waals surface area contributed by atoms with Crippen molar-refractivity contribution < 1.29 is 19.0 Å². The Hall–Kier alpha value is -2.18. The summed E-state index contributed by atoms with van der Waals surface area (Å²) in [5.41, 5.74) is 0.769. The SMILES string of the molecule is COc1cc(OC)c(OC)cc1CNC(=O)c1nc(Cl)ccc1Cl. The van der Waals surface area contributed by atoms with Crippen molar-refractivity contribution in [3.05, 3.63) is 45.7 Å². The minimum atomic E-state index is -0.445. The van der Waals surface area contributed by atoms with E-state index < -0.39 is 5.91 Å². The first-order chi connectivity index (χ1) is 11.5. The molecule has 6 nitrogen and oxygen atoms in total. The summed E-state index contributed by atoms with van der Waals surface area (Å²) in [5.74, 6) is 1.17. The third-order valence-corrected chi connectivity index (χ3v) is 3.77. The lowest BCUT2D eigenvalue weighted by atomic mass is 10.1. The Morgan fingerprint density at radius 2 is 1.67 bits per heavy atom. The van der Waals surface area contributed by atoms with Crippen molar-refractivity contribution in [3.63, 3.8) is 0 Å². The van der Waals surface area contributed by atoms with Gasteiger partial charge in [-0.1, -0.05) is 23.2 Å². The quantitative estimate of drug-likeness (QED) is 0.789. The molecule has 2 rings (SSSR count). The smallest absolute Gasteiger partial charge is 0.271 e. The van der Waals surface area contributed by atoms with Crippen LogP contribution in [0.25, 0.3) is 0 Å². The highest BCUT2D eigenvalue weighted by molar-refractivity contribution is 6.34. The van der Waals surface area contributed by atoms with E-state index in [0.717, 1.165) is 0 Å². The maximum Gasteiger partial charge on any atom is 0.271 e. The Morgan fingerprint density at radius 1 is 1.04 bits per heavy atom. The zero-order valence-corrected chi connectivity index (χ0v) is 14.9. The molecule has 0 aliphatic heterocycles. The van der Waals surface area contributed by atoms with E-state index in [0.29, 0.717) is 22.8 Å². The largest absolute Gasteiger partial charge is 0.496 e. The lowest BCUT2D eigenvalue weighted by Crippen LogP contribution is -2.24. The van der Waals surface area contributed by atoms with Crippen LogP contribution in [0.1, 0.15) is 16.1 Å². The number of amides is 1. The summed E-state index contributed by atoms with van der Waals surface area (Å²) in [7, 11) is 4.59. The Kier molecular flexibility index (Phi) is 6.11. The van der Waals surface area contributed by atoms with E-state index in [9.17, 15) is 4.79 Å². The fourth-order valence-corrected chi connectivity index (χ4v) is 2.41.